The zero-order valence-corrected chi connectivity index (χ0v) is 14.5. The zero-order chi connectivity index (χ0) is 15.5. The topological polar surface area (TPSA) is 70.6 Å². The lowest BCUT2D eigenvalue weighted by Gasteiger charge is -2.20. The molecule has 8 heteroatoms. The molecule has 1 aromatic rings. The maximum atomic E-state index is 12.1. The largest absolute Gasteiger partial charge is 0.353 e. The van der Waals surface area contributed by atoms with E-state index in [-0.39, 0.29) is 16.2 Å². The molecule has 2 heterocycles. The molecule has 0 fully saturated rings. The summed E-state index contributed by atoms with van der Waals surface area (Å²) in [6.07, 6.45) is 5.74. The molecule has 0 amide bonds. The van der Waals surface area contributed by atoms with E-state index in [0.717, 1.165) is 24.2 Å². The molecule has 0 aliphatic carbocycles. The number of fused-ring (bicyclic) bond motifs is 1. The summed E-state index contributed by atoms with van der Waals surface area (Å²) in [5, 5.41) is 6.11. The standard InChI is InChI=1S/C13H20ClN3O2S2/c1-3-4-5-6-7-9(2)15-13-16-10-8-11(14)20-12(10)21(18,19)17-13/h8-9H,3-7H2,1-2H3,(H2,15,16,17). The molecular formula is C13H20ClN3O2S2. The van der Waals surface area contributed by atoms with Crippen LogP contribution in [0.15, 0.2) is 14.7 Å². The van der Waals surface area contributed by atoms with Crippen LogP contribution in [0.25, 0.3) is 0 Å². The highest BCUT2D eigenvalue weighted by molar-refractivity contribution is 7.92. The second-order valence-corrected chi connectivity index (χ2v) is 8.67. The Hall–Kier alpha value is -0.790. The van der Waals surface area contributed by atoms with Crippen LogP contribution in [0.5, 0.6) is 0 Å². The van der Waals surface area contributed by atoms with E-state index in [9.17, 15) is 8.42 Å². The Morgan fingerprint density at radius 1 is 1.43 bits per heavy atom. The number of halogens is 1. The average molecular weight is 350 g/mol. The first-order valence-corrected chi connectivity index (χ1v) is 9.73. The summed E-state index contributed by atoms with van der Waals surface area (Å²) >= 11 is 6.89. The highest BCUT2D eigenvalue weighted by atomic mass is 35.5. The summed E-state index contributed by atoms with van der Waals surface area (Å²) < 4.78 is 28.5. The van der Waals surface area contributed by atoms with Crippen molar-refractivity contribution in [1.82, 2.24) is 5.32 Å². The smallest absolute Gasteiger partial charge is 0.297 e. The van der Waals surface area contributed by atoms with Gasteiger partial charge in [-0.3, -0.25) is 0 Å². The number of anilines is 1. The second kappa shape index (κ2) is 6.98. The van der Waals surface area contributed by atoms with Crippen LogP contribution in [-0.2, 0) is 10.0 Å². The molecule has 0 bridgehead atoms. The number of thiophene rings is 1. The first kappa shape index (κ1) is 16.6. The van der Waals surface area contributed by atoms with Crippen molar-refractivity contribution in [3.05, 3.63) is 10.4 Å². The van der Waals surface area contributed by atoms with E-state index >= 15 is 0 Å². The summed E-state index contributed by atoms with van der Waals surface area (Å²) in [4.78, 5) is 0. The first-order valence-electron chi connectivity index (χ1n) is 7.10. The Labute approximate surface area is 134 Å². The van der Waals surface area contributed by atoms with Gasteiger partial charge in [0.15, 0.2) is 4.21 Å². The summed E-state index contributed by atoms with van der Waals surface area (Å²) in [5.74, 6) is 0.278. The molecule has 0 saturated heterocycles. The molecule has 1 aliphatic heterocycles. The van der Waals surface area contributed by atoms with Crippen LogP contribution < -0.4 is 10.6 Å². The lowest BCUT2D eigenvalue weighted by atomic mass is 10.1. The molecule has 1 aromatic heterocycles. The fourth-order valence-electron chi connectivity index (χ4n) is 2.18. The minimum Gasteiger partial charge on any atom is -0.353 e. The van der Waals surface area contributed by atoms with Gasteiger partial charge in [0.2, 0.25) is 5.96 Å². The number of nitrogens with one attached hydrogen (secondary N) is 2. The quantitative estimate of drug-likeness (QED) is 0.766. The van der Waals surface area contributed by atoms with E-state index in [1.54, 1.807) is 6.07 Å². The Morgan fingerprint density at radius 2 is 2.19 bits per heavy atom. The molecule has 2 rings (SSSR count). The lowest BCUT2D eigenvalue weighted by molar-refractivity contribution is 0.542. The van der Waals surface area contributed by atoms with Gasteiger partial charge in [0.25, 0.3) is 10.0 Å². The van der Waals surface area contributed by atoms with Gasteiger partial charge in [-0.2, -0.15) is 8.42 Å². The van der Waals surface area contributed by atoms with Gasteiger partial charge in [0.1, 0.15) is 0 Å². The maximum Gasteiger partial charge on any atom is 0.297 e. The molecular weight excluding hydrogens is 330 g/mol. The molecule has 2 N–H and O–H groups in total. The van der Waals surface area contributed by atoms with E-state index in [0.29, 0.717) is 10.0 Å². The van der Waals surface area contributed by atoms with Gasteiger partial charge in [-0.1, -0.05) is 44.2 Å². The van der Waals surface area contributed by atoms with Crippen LogP contribution in [0.1, 0.15) is 46.0 Å². The number of hydrogen-bond acceptors (Lipinski definition) is 5. The van der Waals surface area contributed by atoms with Crippen LogP contribution in [0.2, 0.25) is 4.34 Å². The van der Waals surface area contributed by atoms with Gasteiger partial charge in [0.05, 0.1) is 10.0 Å². The Balaban J connectivity index is 1.97. The molecule has 1 unspecified atom stereocenters. The van der Waals surface area contributed by atoms with Crippen molar-refractivity contribution < 1.29 is 8.42 Å². The fraction of sp³-hybridized carbons (Fsp3) is 0.615. The molecule has 0 radical (unpaired) electrons. The van der Waals surface area contributed by atoms with Gasteiger partial charge in [-0.25, -0.2) is 0 Å². The van der Waals surface area contributed by atoms with Gasteiger partial charge in [-0.05, 0) is 19.4 Å². The summed E-state index contributed by atoms with van der Waals surface area (Å²) in [7, 11) is -3.65. The number of sulfonamides is 1. The molecule has 21 heavy (non-hydrogen) atoms. The van der Waals surface area contributed by atoms with Crippen molar-refractivity contribution in [2.75, 3.05) is 5.32 Å². The van der Waals surface area contributed by atoms with Crippen LogP contribution >= 0.6 is 22.9 Å². The highest BCUT2D eigenvalue weighted by Gasteiger charge is 2.28. The third-order valence-electron chi connectivity index (χ3n) is 3.24. The molecule has 0 saturated carbocycles. The summed E-state index contributed by atoms with van der Waals surface area (Å²) in [5.41, 5.74) is 0.501. The number of hydrogen-bond donors (Lipinski definition) is 2. The van der Waals surface area contributed by atoms with Crippen molar-refractivity contribution >= 4 is 44.6 Å². The Morgan fingerprint density at radius 3 is 2.90 bits per heavy atom. The van der Waals surface area contributed by atoms with Gasteiger partial charge in [0, 0.05) is 6.04 Å². The predicted molar refractivity (Wildman–Crippen MR) is 88.9 cm³/mol. The van der Waals surface area contributed by atoms with Crippen molar-refractivity contribution in [1.29, 1.82) is 0 Å². The third-order valence-corrected chi connectivity index (χ3v) is 6.29. The SMILES string of the molecule is CCCCCCC(C)NC1=NS(=O)(=O)c2sc(Cl)cc2N1. The van der Waals surface area contributed by atoms with E-state index in [2.05, 4.69) is 22.0 Å². The number of unbranched alkanes of at least 4 members (excludes halogenated alkanes) is 3. The molecule has 0 aromatic carbocycles. The zero-order valence-electron chi connectivity index (χ0n) is 12.1. The number of nitrogens with zero attached hydrogens (tertiary/aromatic N) is 1. The van der Waals surface area contributed by atoms with Crippen LogP contribution in [0.4, 0.5) is 5.69 Å². The van der Waals surface area contributed by atoms with Crippen molar-refractivity contribution in [3.63, 3.8) is 0 Å². The molecule has 5 nitrogen and oxygen atoms in total. The van der Waals surface area contributed by atoms with Gasteiger partial charge < -0.3 is 10.6 Å². The fourth-order valence-corrected chi connectivity index (χ4v) is 4.84. The molecule has 0 spiro atoms. The van der Waals surface area contributed by atoms with Crippen LogP contribution in [0, 0.1) is 0 Å². The minimum atomic E-state index is -3.65. The van der Waals surface area contributed by atoms with Crippen LogP contribution in [0.3, 0.4) is 0 Å². The summed E-state index contributed by atoms with van der Waals surface area (Å²) in [6, 6.07) is 1.78. The van der Waals surface area contributed by atoms with Crippen molar-refractivity contribution in [3.8, 4) is 0 Å². The predicted octanol–water partition coefficient (Wildman–Crippen LogP) is 3.82. The van der Waals surface area contributed by atoms with E-state index < -0.39 is 10.0 Å². The van der Waals surface area contributed by atoms with E-state index in [4.69, 9.17) is 11.6 Å². The van der Waals surface area contributed by atoms with Gasteiger partial charge >= 0.3 is 0 Å². The molecule has 1 aliphatic rings. The number of guanidine groups is 1. The Kier molecular flexibility index (Phi) is 5.51. The van der Waals surface area contributed by atoms with Crippen LogP contribution in [-0.4, -0.2) is 20.4 Å². The second-order valence-electron chi connectivity index (χ2n) is 5.19. The molecule has 1 atom stereocenters. The lowest BCUT2D eigenvalue weighted by Crippen LogP contribution is -2.39. The van der Waals surface area contributed by atoms with Crippen molar-refractivity contribution in [2.24, 2.45) is 4.40 Å². The maximum absolute atomic E-state index is 12.1. The van der Waals surface area contributed by atoms with E-state index in [1.165, 1.54) is 19.3 Å². The van der Waals surface area contributed by atoms with Crippen molar-refractivity contribution in [2.45, 2.75) is 56.2 Å². The average Bonchev–Trinajstić information content (AvgIpc) is 2.76. The number of rotatable bonds is 6. The minimum absolute atomic E-state index is 0.166. The normalized spacial score (nSPS) is 17.6. The van der Waals surface area contributed by atoms with E-state index in [1.807, 2.05) is 6.92 Å². The summed E-state index contributed by atoms with van der Waals surface area (Å²) in [6.45, 7) is 4.20. The highest BCUT2D eigenvalue weighted by Crippen LogP contribution is 2.37. The Bertz CT molecular complexity index is 625. The van der Waals surface area contributed by atoms with Gasteiger partial charge in [-0.15, -0.1) is 15.7 Å². The third kappa shape index (κ3) is 4.34. The molecule has 118 valence electrons. The monoisotopic (exact) mass is 349 g/mol. The first-order chi connectivity index (χ1) is 9.92.